The van der Waals surface area contributed by atoms with Gasteiger partial charge in [0, 0.05) is 11.3 Å². The van der Waals surface area contributed by atoms with Crippen molar-refractivity contribution >= 4 is 22.7 Å². The molecule has 1 amide bonds. The topological polar surface area (TPSA) is 75.4 Å². The second kappa shape index (κ2) is 7.09. The number of hydrogen-bond acceptors (Lipinski definition) is 4. The molecule has 29 heavy (non-hydrogen) atoms. The summed E-state index contributed by atoms with van der Waals surface area (Å²) in [4.78, 5) is 17.1. The fourth-order valence-electron chi connectivity index (χ4n) is 3.10. The SMILES string of the molecule is CC(C)(C)c1ccc(C(=O)Nc2ccc(O)c(-c3nc4ccccc4o3)c2)cc1. The first kappa shape index (κ1) is 18.7. The summed E-state index contributed by atoms with van der Waals surface area (Å²) in [6.45, 7) is 6.39. The van der Waals surface area contributed by atoms with Gasteiger partial charge in [0.15, 0.2) is 5.58 Å². The van der Waals surface area contributed by atoms with Crippen LogP contribution in [-0.4, -0.2) is 16.0 Å². The minimum Gasteiger partial charge on any atom is -0.507 e. The van der Waals surface area contributed by atoms with E-state index in [0.717, 1.165) is 5.56 Å². The molecule has 0 saturated carbocycles. The molecule has 5 nitrogen and oxygen atoms in total. The number of carbonyl (C=O) groups excluding carboxylic acids is 1. The number of phenolic OH excluding ortho intramolecular Hbond substituents is 1. The summed E-state index contributed by atoms with van der Waals surface area (Å²) in [5.41, 5.74) is 4.06. The van der Waals surface area contributed by atoms with E-state index in [2.05, 4.69) is 31.1 Å². The van der Waals surface area contributed by atoms with Gasteiger partial charge < -0.3 is 14.8 Å². The maximum absolute atomic E-state index is 12.6. The van der Waals surface area contributed by atoms with Gasteiger partial charge in [0.2, 0.25) is 5.89 Å². The van der Waals surface area contributed by atoms with Crippen LogP contribution in [-0.2, 0) is 5.41 Å². The molecule has 3 aromatic carbocycles. The number of amides is 1. The zero-order valence-electron chi connectivity index (χ0n) is 16.6. The minimum absolute atomic E-state index is 0.0282. The third-order valence-corrected chi connectivity index (χ3v) is 4.79. The lowest BCUT2D eigenvalue weighted by Gasteiger charge is -2.19. The van der Waals surface area contributed by atoms with Gasteiger partial charge in [0.25, 0.3) is 5.91 Å². The second-order valence-corrected chi connectivity index (χ2v) is 8.00. The van der Waals surface area contributed by atoms with E-state index in [0.29, 0.717) is 33.8 Å². The number of rotatable bonds is 3. The molecular weight excluding hydrogens is 364 g/mol. The van der Waals surface area contributed by atoms with Crippen molar-refractivity contribution in [2.45, 2.75) is 26.2 Å². The number of para-hydroxylation sites is 2. The van der Waals surface area contributed by atoms with Gasteiger partial charge in [-0.05, 0) is 53.4 Å². The average Bonchev–Trinajstić information content (AvgIpc) is 3.13. The van der Waals surface area contributed by atoms with Crippen molar-refractivity contribution in [3.8, 4) is 17.2 Å². The average molecular weight is 386 g/mol. The van der Waals surface area contributed by atoms with Gasteiger partial charge in [0.1, 0.15) is 11.3 Å². The number of anilines is 1. The zero-order valence-corrected chi connectivity index (χ0v) is 16.6. The molecule has 0 unspecified atom stereocenters. The number of phenols is 1. The molecule has 4 aromatic rings. The Hall–Kier alpha value is -3.60. The molecule has 0 radical (unpaired) electrons. The number of hydrogen-bond donors (Lipinski definition) is 2. The van der Waals surface area contributed by atoms with Gasteiger partial charge in [-0.15, -0.1) is 0 Å². The number of fused-ring (bicyclic) bond motifs is 1. The standard InChI is InChI=1S/C24H22N2O3/c1-24(2,3)16-10-8-15(9-11-16)22(28)25-17-12-13-20(27)18(14-17)23-26-19-6-4-5-7-21(19)29-23/h4-14,27H,1-3H3,(H,25,28). The Labute approximate surface area is 169 Å². The van der Waals surface area contributed by atoms with Crippen LogP contribution in [0.1, 0.15) is 36.7 Å². The smallest absolute Gasteiger partial charge is 0.255 e. The van der Waals surface area contributed by atoms with E-state index in [1.54, 1.807) is 12.1 Å². The predicted molar refractivity (Wildman–Crippen MR) is 114 cm³/mol. The highest BCUT2D eigenvalue weighted by molar-refractivity contribution is 6.04. The van der Waals surface area contributed by atoms with Crippen molar-refractivity contribution in [3.63, 3.8) is 0 Å². The van der Waals surface area contributed by atoms with Gasteiger partial charge in [-0.25, -0.2) is 4.98 Å². The number of oxazole rings is 1. The Bertz CT molecular complexity index is 1150. The normalized spacial score (nSPS) is 11.6. The third-order valence-electron chi connectivity index (χ3n) is 4.79. The number of carbonyl (C=O) groups is 1. The number of aromatic hydroxyl groups is 1. The van der Waals surface area contributed by atoms with Crippen LogP contribution in [0.4, 0.5) is 5.69 Å². The molecule has 0 saturated heterocycles. The van der Waals surface area contributed by atoms with Crippen LogP contribution in [0.3, 0.4) is 0 Å². The molecule has 4 rings (SSSR count). The van der Waals surface area contributed by atoms with Gasteiger partial charge in [0.05, 0.1) is 5.56 Å². The third kappa shape index (κ3) is 3.85. The van der Waals surface area contributed by atoms with Crippen molar-refractivity contribution in [2.75, 3.05) is 5.32 Å². The quantitative estimate of drug-likeness (QED) is 0.440. The molecule has 2 N–H and O–H groups in total. The van der Waals surface area contributed by atoms with Crippen LogP contribution in [0.2, 0.25) is 0 Å². The lowest BCUT2D eigenvalue weighted by Crippen LogP contribution is -2.14. The van der Waals surface area contributed by atoms with Crippen LogP contribution in [0.15, 0.2) is 71.1 Å². The Balaban J connectivity index is 1.59. The van der Waals surface area contributed by atoms with Gasteiger partial charge in [-0.1, -0.05) is 45.0 Å². The predicted octanol–water partition coefficient (Wildman–Crippen LogP) is 5.75. The summed E-state index contributed by atoms with van der Waals surface area (Å²) in [6, 6.07) is 19.8. The Morgan fingerprint density at radius 3 is 2.41 bits per heavy atom. The maximum atomic E-state index is 12.6. The minimum atomic E-state index is -0.223. The molecule has 146 valence electrons. The molecule has 0 fully saturated rings. The lowest BCUT2D eigenvalue weighted by atomic mass is 9.87. The summed E-state index contributed by atoms with van der Waals surface area (Å²) in [7, 11) is 0. The molecule has 0 aliphatic carbocycles. The highest BCUT2D eigenvalue weighted by Gasteiger charge is 2.16. The molecule has 0 aliphatic heterocycles. The van der Waals surface area contributed by atoms with E-state index in [1.165, 1.54) is 6.07 Å². The van der Waals surface area contributed by atoms with Crippen molar-refractivity contribution < 1.29 is 14.3 Å². The molecule has 0 spiro atoms. The largest absolute Gasteiger partial charge is 0.507 e. The Kier molecular flexibility index (Phi) is 4.59. The number of benzene rings is 3. The summed E-state index contributed by atoms with van der Waals surface area (Å²) in [5, 5.41) is 13.1. The van der Waals surface area contributed by atoms with Crippen molar-refractivity contribution in [3.05, 3.63) is 77.9 Å². The first-order chi connectivity index (χ1) is 13.8. The summed E-state index contributed by atoms with van der Waals surface area (Å²) in [5.74, 6) is 0.109. The maximum Gasteiger partial charge on any atom is 0.255 e. The van der Waals surface area contributed by atoms with Gasteiger partial charge >= 0.3 is 0 Å². The molecule has 0 bridgehead atoms. The lowest BCUT2D eigenvalue weighted by molar-refractivity contribution is 0.102. The molecule has 1 aromatic heterocycles. The van der Waals surface area contributed by atoms with E-state index in [9.17, 15) is 9.90 Å². The van der Waals surface area contributed by atoms with E-state index in [-0.39, 0.29) is 17.1 Å². The molecule has 0 atom stereocenters. The Morgan fingerprint density at radius 2 is 1.72 bits per heavy atom. The molecule has 0 aliphatic rings. The van der Waals surface area contributed by atoms with E-state index >= 15 is 0 Å². The zero-order chi connectivity index (χ0) is 20.6. The first-order valence-corrected chi connectivity index (χ1v) is 9.42. The van der Waals surface area contributed by atoms with Crippen LogP contribution < -0.4 is 5.32 Å². The Morgan fingerprint density at radius 1 is 1.00 bits per heavy atom. The number of nitrogens with zero attached hydrogens (tertiary/aromatic N) is 1. The van der Waals surface area contributed by atoms with Gasteiger partial charge in [-0.3, -0.25) is 4.79 Å². The van der Waals surface area contributed by atoms with Crippen LogP contribution in [0, 0.1) is 0 Å². The van der Waals surface area contributed by atoms with Crippen LogP contribution in [0.5, 0.6) is 5.75 Å². The van der Waals surface area contributed by atoms with Crippen LogP contribution >= 0.6 is 0 Å². The monoisotopic (exact) mass is 386 g/mol. The summed E-state index contributed by atoms with van der Waals surface area (Å²) < 4.78 is 5.74. The summed E-state index contributed by atoms with van der Waals surface area (Å²) in [6.07, 6.45) is 0. The van der Waals surface area contributed by atoms with E-state index in [4.69, 9.17) is 4.42 Å². The fourth-order valence-corrected chi connectivity index (χ4v) is 3.10. The molecular formula is C24H22N2O3. The first-order valence-electron chi connectivity index (χ1n) is 9.42. The van der Waals surface area contributed by atoms with Crippen LogP contribution in [0.25, 0.3) is 22.6 Å². The highest BCUT2D eigenvalue weighted by atomic mass is 16.3. The van der Waals surface area contributed by atoms with E-state index < -0.39 is 0 Å². The van der Waals surface area contributed by atoms with Gasteiger partial charge in [-0.2, -0.15) is 0 Å². The summed E-state index contributed by atoms with van der Waals surface area (Å²) >= 11 is 0. The number of nitrogens with one attached hydrogen (secondary N) is 1. The van der Waals surface area contributed by atoms with E-state index in [1.807, 2.05) is 48.5 Å². The van der Waals surface area contributed by atoms with Crippen molar-refractivity contribution in [1.82, 2.24) is 4.98 Å². The number of aromatic nitrogens is 1. The molecule has 1 heterocycles. The molecule has 5 heteroatoms. The fraction of sp³-hybridized carbons (Fsp3) is 0.167. The van der Waals surface area contributed by atoms with Crippen molar-refractivity contribution in [2.24, 2.45) is 0 Å². The second-order valence-electron chi connectivity index (χ2n) is 8.00. The van der Waals surface area contributed by atoms with Crippen molar-refractivity contribution in [1.29, 1.82) is 0 Å². The highest BCUT2D eigenvalue weighted by Crippen LogP contribution is 2.33.